The fraction of sp³-hybridized carbons (Fsp3) is 0.409. The second-order valence-electron chi connectivity index (χ2n) is 7.68. The molecular formula is C22H27FN2O. The summed E-state index contributed by atoms with van der Waals surface area (Å²) in [4.78, 5) is 14.6. The molecule has 3 nitrogen and oxygen atoms in total. The van der Waals surface area contributed by atoms with Crippen molar-refractivity contribution in [3.05, 3.63) is 71.5 Å². The van der Waals surface area contributed by atoms with Crippen LogP contribution in [0, 0.1) is 11.7 Å². The molecule has 2 aromatic carbocycles. The first-order valence-electron chi connectivity index (χ1n) is 9.31. The number of carbonyl (C=O) groups excluding carboxylic acids is 1. The molecule has 1 N–H and O–H groups in total. The number of nitrogens with zero attached hydrogens (tertiary/aromatic N) is 1. The van der Waals surface area contributed by atoms with Crippen molar-refractivity contribution in [1.82, 2.24) is 10.2 Å². The summed E-state index contributed by atoms with van der Waals surface area (Å²) in [6.07, 6.45) is 3.13. The molecular weight excluding hydrogens is 327 g/mol. The van der Waals surface area contributed by atoms with Crippen LogP contribution in [0.2, 0.25) is 0 Å². The Morgan fingerprint density at radius 3 is 2.31 bits per heavy atom. The minimum atomic E-state index is -0.536. The van der Waals surface area contributed by atoms with Gasteiger partial charge in [0.05, 0.1) is 5.54 Å². The van der Waals surface area contributed by atoms with E-state index < -0.39 is 5.54 Å². The van der Waals surface area contributed by atoms with E-state index in [-0.39, 0.29) is 11.8 Å². The number of carbonyl (C=O) groups is 1. The second kappa shape index (κ2) is 7.90. The van der Waals surface area contributed by atoms with Crippen LogP contribution in [0.15, 0.2) is 54.6 Å². The van der Waals surface area contributed by atoms with Gasteiger partial charge >= 0.3 is 6.03 Å². The lowest BCUT2D eigenvalue weighted by Gasteiger charge is -2.35. The molecule has 4 heteroatoms. The number of hydrogen-bond acceptors (Lipinski definition) is 1. The molecule has 1 aliphatic heterocycles. The zero-order valence-corrected chi connectivity index (χ0v) is 15.5. The monoisotopic (exact) mass is 354 g/mol. The highest BCUT2D eigenvalue weighted by atomic mass is 19.1. The third kappa shape index (κ3) is 4.63. The van der Waals surface area contributed by atoms with E-state index in [9.17, 15) is 9.18 Å². The standard InChI is InChI=1S/C22H27FN2O/c1-22(2,19-8-10-20(23)11-9-19)24-21(26)25-14-12-18(13-15-25)16-17-6-4-3-5-7-17/h3-11,18H,12-16H2,1-2H3,(H,24,26). The van der Waals surface area contributed by atoms with Gasteiger partial charge < -0.3 is 10.2 Å². The van der Waals surface area contributed by atoms with Gasteiger partial charge in [0.2, 0.25) is 0 Å². The molecule has 0 aliphatic carbocycles. The summed E-state index contributed by atoms with van der Waals surface area (Å²) >= 11 is 0. The average Bonchev–Trinajstić information content (AvgIpc) is 2.63. The summed E-state index contributed by atoms with van der Waals surface area (Å²) in [7, 11) is 0. The first-order valence-corrected chi connectivity index (χ1v) is 9.31. The summed E-state index contributed by atoms with van der Waals surface area (Å²) in [5, 5.41) is 3.09. The third-order valence-corrected chi connectivity index (χ3v) is 5.25. The van der Waals surface area contributed by atoms with Gasteiger partial charge in [-0.15, -0.1) is 0 Å². The number of benzene rings is 2. The molecule has 3 rings (SSSR count). The van der Waals surface area contributed by atoms with E-state index in [1.807, 2.05) is 24.8 Å². The Morgan fingerprint density at radius 2 is 1.69 bits per heavy atom. The summed E-state index contributed by atoms with van der Waals surface area (Å²) in [6, 6.07) is 16.8. The lowest BCUT2D eigenvalue weighted by atomic mass is 9.90. The number of amides is 2. The SMILES string of the molecule is CC(C)(NC(=O)N1CCC(Cc2ccccc2)CC1)c1ccc(F)cc1. The Hall–Kier alpha value is -2.36. The normalized spacial score (nSPS) is 15.7. The van der Waals surface area contributed by atoms with E-state index in [4.69, 9.17) is 0 Å². The van der Waals surface area contributed by atoms with Gasteiger partial charge in [0.1, 0.15) is 5.82 Å². The molecule has 0 spiro atoms. The molecule has 2 amide bonds. The smallest absolute Gasteiger partial charge is 0.318 e. The Bertz CT molecular complexity index is 720. The molecule has 0 aromatic heterocycles. The molecule has 26 heavy (non-hydrogen) atoms. The summed E-state index contributed by atoms with van der Waals surface area (Å²) in [6.45, 7) is 5.45. The van der Waals surface area contributed by atoms with E-state index in [0.29, 0.717) is 5.92 Å². The minimum Gasteiger partial charge on any atom is -0.329 e. The first-order chi connectivity index (χ1) is 12.4. The first kappa shape index (κ1) is 18.4. The number of urea groups is 1. The molecule has 1 saturated heterocycles. The van der Waals surface area contributed by atoms with E-state index in [1.54, 1.807) is 12.1 Å². The van der Waals surface area contributed by atoms with Crippen LogP contribution in [0.5, 0.6) is 0 Å². The maximum Gasteiger partial charge on any atom is 0.318 e. The zero-order chi connectivity index (χ0) is 18.6. The van der Waals surface area contributed by atoms with Crippen molar-refractivity contribution in [2.24, 2.45) is 5.92 Å². The van der Waals surface area contributed by atoms with Crippen LogP contribution in [-0.4, -0.2) is 24.0 Å². The van der Waals surface area contributed by atoms with E-state index in [1.165, 1.54) is 17.7 Å². The maximum absolute atomic E-state index is 13.1. The average molecular weight is 354 g/mol. The molecule has 1 aliphatic rings. The molecule has 2 aromatic rings. The molecule has 1 heterocycles. The predicted molar refractivity (Wildman–Crippen MR) is 102 cm³/mol. The summed E-state index contributed by atoms with van der Waals surface area (Å²) < 4.78 is 13.1. The molecule has 0 atom stereocenters. The lowest BCUT2D eigenvalue weighted by molar-refractivity contribution is 0.161. The van der Waals surface area contributed by atoms with Gasteiger partial charge in [-0.25, -0.2) is 9.18 Å². The fourth-order valence-corrected chi connectivity index (χ4v) is 3.57. The Labute approximate surface area is 155 Å². The van der Waals surface area contributed by atoms with Crippen molar-refractivity contribution in [2.45, 2.75) is 38.6 Å². The van der Waals surface area contributed by atoms with Gasteiger partial charge in [-0.3, -0.25) is 0 Å². The van der Waals surface area contributed by atoms with Gasteiger partial charge in [-0.2, -0.15) is 0 Å². The lowest BCUT2D eigenvalue weighted by Crippen LogP contribution is -2.50. The van der Waals surface area contributed by atoms with Crippen molar-refractivity contribution < 1.29 is 9.18 Å². The Balaban J connectivity index is 1.52. The van der Waals surface area contributed by atoms with Gasteiger partial charge in [0.15, 0.2) is 0 Å². The Morgan fingerprint density at radius 1 is 1.08 bits per heavy atom. The highest BCUT2D eigenvalue weighted by Gasteiger charge is 2.28. The number of nitrogens with one attached hydrogen (secondary N) is 1. The topological polar surface area (TPSA) is 32.3 Å². The van der Waals surface area contributed by atoms with Crippen LogP contribution in [-0.2, 0) is 12.0 Å². The zero-order valence-electron chi connectivity index (χ0n) is 15.5. The third-order valence-electron chi connectivity index (χ3n) is 5.25. The molecule has 1 fully saturated rings. The highest BCUT2D eigenvalue weighted by Crippen LogP contribution is 2.24. The molecule has 0 radical (unpaired) electrons. The van der Waals surface area contributed by atoms with Crippen LogP contribution in [0.3, 0.4) is 0 Å². The number of rotatable bonds is 4. The van der Waals surface area contributed by atoms with Crippen molar-refractivity contribution in [2.75, 3.05) is 13.1 Å². The maximum atomic E-state index is 13.1. The van der Waals surface area contributed by atoms with Crippen LogP contribution in [0.1, 0.15) is 37.8 Å². The number of halogens is 1. The molecule has 0 saturated carbocycles. The summed E-state index contributed by atoms with van der Waals surface area (Å²) in [5.74, 6) is 0.364. The van der Waals surface area contributed by atoms with Crippen LogP contribution >= 0.6 is 0 Å². The van der Waals surface area contributed by atoms with Crippen LogP contribution in [0.4, 0.5) is 9.18 Å². The van der Waals surface area contributed by atoms with Crippen LogP contribution < -0.4 is 5.32 Å². The van der Waals surface area contributed by atoms with Crippen LogP contribution in [0.25, 0.3) is 0 Å². The van der Waals surface area contributed by atoms with Gasteiger partial charge in [0.25, 0.3) is 0 Å². The van der Waals surface area contributed by atoms with Crippen molar-refractivity contribution >= 4 is 6.03 Å². The Kier molecular flexibility index (Phi) is 5.60. The molecule has 0 unspecified atom stereocenters. The number of piperidine rings is 1. The quantitative estimate of drug-likeness (QED) is 0.846. The highest BCUT2D eigenvalue weighted by molar-refractivity contribution is 5.75. The van der Waals surface area contributed by atoms with Crippen molar-refractivity contribution in [3.8, 4) is 0 Å². The summed E-state index contributed by atoms with van der Waals surface area (Å²) in [5.41, 5.74) is 1.73. The predicted octanol–water partition coefficient (Wildman–Crippen LogP) is 4.73. The number of likely N-dealkylation sites (tertiary alicyclic amines) is 1. The van der Waals surface area contributed by atoms with Crippen molar-refractivity contribution in [3.63, 3.8) is 0 Å². The molecule has 138 valence electrons. The van der Waals surface area contributed by atoms with E-state index in [0.717, 1.165) is 37.9 Å². The van der Waals surface area contributed by atoms with Crippen molar-refractivity contribution in [1.29, 1.82) is 0 Å². The largest absolute Gasteiger partial charge is 0.329 e. The van der Waals surface area contributed by atoms with Gasteiger partial charge in [-0.05, 0) is 62.3 Å². The van der Waals surface area contributed by atoms with Gasteiger partial charge in [-0.1, -0.05) is 42.5 Å². The number of hydrogen-bond donors (Lipinski definition) is 1. The minimum absolute atomic E-state index is 0.0440. The van der Waals surface area contributed by atoms with E-state index in [2.05, 4.69) is 29.6 Å². The van der Waals surface area contributed by atoms with E-state index >= 15 is 0 Å². The van der Waals surface area contributed by atoms with Gasteiger partial charge in [0, 0.05) is 13.1 Å². The fourth-order valence-electron chi connectivity index (χ4n) is 3.57. The molecule has 0 bridgehead atoms. The second-order valence-corrected chi connectivity index (χ2v) is 7.68.